The first-order valence-electron chi connectivity index (χ1n) is 10.8. The third-order valence-corrected chi connectivity index (χ3v) is 9.02. The van der Waals surface area contributed by atoms with E-state index < -0.39 is 10.0 Å². The Morgan fingerprint density at radius 3 is 2.53 bits per heavy atom. The highest BCUT2D eigenvalue weighted by molar-refractivity contribution is 8.01. The van der Waals surface area contributed by atoms with Crippen molar-refractivity contribution in [3.63, 3.8) is 0 Å². The number of nitrogens with one attached hydrogen (secondary N) is 2. The van der Waals surface area contributed by atoms with Crippen LogP contribution in [0.5, 0.6) is 0 Å². The van der Waals surface area contributed by atoms with Crippen LogP contribution in [0.4, 0.5) is 11.4 Å². The number of sulfonamides is 1. The molecule has 1 fully saturated rings. The summed E-state index contributed by atoms with van der Waals surface area (Å²) in [6.07, 6.45) is 3.81. The number of fused-ring (bicyclic) bond motifs is 1. The molecule has 2 amide bonds. The van der Waals surface area contributed by atoms with Gasteiger partial charge in [0.05, 0.1) is 15.8 Å². The van der Waals surface area contributed by atoms with Crippen LogP contribution in [0.25, 0.3) is 0 Å². The smallest absolute Gasteiger partial charge is 0.255 e. The highest BCUT2D eigenvalue weighted by Gasteiger charge is 2.27. The lowest BCUT2D eigenvalue weighted by atomic mass is 10.1. The number of rotatable bonds is 4. The standard InChI is InChI=1S/C23H27N3O4S2/c1-15-7-9-18(14-21(15)32(29,30)26-11-5-3-4-6-12-26)24-23(28)17-8-10-20-19(13-17)25-22(27)16(2)31-20/h7-10,13-14,16H,3-6,11-12H2,1-2H3,(H,24,28)(H,25,27). The molecule has 0 bridgehead atoms. The number of amides is 2. The fourth-order valence-electron chi connectivity index (χ4n) is 3.93. The zero-order valence-electron chi connectivity index (χ0n) is 18.2. The number of hydrogen-bond donors (Lipinski definition) is 2. The van der Waals surface area contributed by atoms with E-state index in [1.807, 2.05) is 13.0 Å². The molecule has 0 aliphatic carbocycles. The molecule has 9 heteroatoms. The molecule has 1 unspecified atom stereocenters. The lowest BCUT2D eigenvalue weighted by Gasteiger charge is -2.22. The summed E-state index contributed by atoms with van der Waals surface area (Å²) in [7, 11) is -3.63. The molecule has 1 atom stereocenters. The fourth-order valence-corrected chi connectivity index (χ4v) is 6.63. The van der Waals surface area contributed by atoms with Crippen molar-refractivity contribution in [3.8, 4) is 0 Å². The van der Waals surface area contributed by atoms with Gasteiger partial charge in [-0.3, -0.25) is 9.59 Å². The van der Waals surface area contributed by atoms with Gasteiger partial charge in [-0.15, -0.1) is 11.8 Å². The van der Waals surface area contributed by atoms with Crippen molar-refractivity contribution in [2.75, 3.05) is 23.7 Å². The van der Waals surface area contributed by atoms with Crippen molar-refractivity contribution in [3.05, 3.63) is 47.5 Å². The highest BCUT2D eigenvalue weighted by Crippen LogP contribution is 2.36. The minimum atomic E-state index is -3.63. The van der Waals surface area contributed by atoms with E-state index >= 15 is 0 Å². The van der Waals surface area contributed by atoms with Gasteiger partial charge in [-0.1, -0.05) is 18.9 Å². The maximum absolute atomic E-state index is 13.3. The maximum Gasteiger partial charge on any atom is 0.255 e. The third kappa shape index (κ3) is 4.69. The van der Waals surface area contributed by atoms with Gasteiger partial charge in [-0.25, -0.2) is 8.42 Å². The number of carbonyl (C=O) groups excluding carboxylic acids is 2. The second-order valence-corrected chi connectivity index (χ2v) is 11.5. The zero-order valence-corrected chi connectivity index (χ0v) is 19.8. The molecule has 7 nitrogen and oxygen atoms in total. The molecular weight excluding hydrogens is 446 g/mol. The van der Waals surface area contributed by atoms with E-state index in [-0.39, 0.29) is 22.0 Å². The minimum absolute atomic E-state index is 0.0954. The molecule has 2 aliphatic rings. The molecular formula is C23H27N3O4S2. The molecule has 2 N–H and O–H groups in total. The van der Waals surface area contributed by atoms with E-state index in [0.717, 1.165) is 30.6 Å². The number of thioether (sulfide) groups is 1. The van der Waals surface area contributed by atoms with Crippen LogP contribution < -0.4 is 10.6 Å². The van der Waals surface area contributed by atoms with Crippen LogP contribution in [0.1, 0.15) is 48.5 Å². The van der Waals surface area contributed by atoms with Crippen molar-refractivity contribution in [1.82, 2.24) is 4.31 Å². The number of aryl methyl sites for hydroxylation is 1. The Kier molecular flexibility index (Phi) is 6.60. The van der Waals surface area contributed by atoms with E-state index in [0.29, 0.717) is 35.6 Å². The molecule has 0 spiro atoms. The maximum atomic E-state index is 13.3. The van der Waals surface area contributed by atoms with E-state index in [2.05, 4.69) is 10.6 Å². The highest BCUT2D eigenvalue weighted by atomic mass is 32.2. The molecule has 2 aromatic carbocycles. The van der Waals surface area contributed by atoms with E-state index in [1.54, 1.807) is 35.5 Å². The third-order valence-electron chi connectivity index (χ3n) is 5.80. The van der Waals surface area contributed by atoms with Gasteiger partial charge < -0.3 is 10.6 Å². The molecule has 1 saturated heterocycles. The van der Waals surface area contributed by atoms with Gasteiger partial charge in [0.1, 0.15) is 0 Å². The van der Waals surface area contributed by atoms with Crippen LogP contribution in [0, 0.1) is 6.92 Å². The topological polar surface area (TPSA) is 95.6 Å². The van der Waals surface area contributed by atoms with Gasteiger partial charge in [0.15, 0.2) is 0 Å². The quantitative estimate of drug-likeness (QED) is 0.692. The normalized spacial score (nSPS) is 19.6. The molecule has 0 aromatic heterocycles. The van der Waals surface area contributed by atoms with Gasteiger partial charge in [0, 0.05) is 29.2 Å². The second kappa shape index (κ2) is 9.25. The van der Waals surface area contributed by atoms with Crippen LogP contribution in [0.2, 0.25) is 0 Å². The average Bonchev–Trinajstić information content (AvgIpc) is 3.05. The molecule has 2 heterocycles. The van der Waals surface area contributed by atoms with Crippen LogP contribution in [-0.4, -0.2) is 42.9 Å². The molecule has 2 aromatic rings. The number of hydrogen-bond acceptors (Lipinski definition) is 5. The molecule has 170 valence electrons. The van der Waals surface area contributed by atoms with E-state index in [1.165, 1.54) is 17.8 Å². The summed E-state index contributed by atoms with van der Waals surface area (Å²) in [5, 5.41) is 5.44. The molecule has 0 saturated carbocycles. The number of carbonyl (C=O) groups is 2. The fraction of sp³-hybridized carbons (Fsp3) is 0.391. The monoisotopic (exact) mass is 473 g/mol. The van der Waals surface area contributed by atoms with Gasteiger partial charge in [-0.2, -0.15) is 4.31 Å². The molecule has 4 rings (SSSR count). The van der Waals surface area contributed by atoms with Gasteiger partial charge in [0.2, 0.25) is 15.9 Å². The summed E-state index contributed by atoms with van der Waals surface area (Å²) >= 11 is 1.45. The Labute approximate surface area is 193 Å². The van der Waals surface area contributed by atoms with Crippen molar-refractivity contribution in [1.29, 1.82) is 0 Å². The molecule has 0 radical (unpaired) electrons. The molecule has 32 heavy (non-hydrogen) atoms. The predicted octanol–water partition coefficient (Wildman–Crippen LogP) is 4.24. The summed E-state index contributed by atoms with van der Waals surface area (Å²) in [5.41, 5.74) is 2.06. The average molecular weight is 474 g/mol. The predicted molar refractivity (Wildman–Crippen MR) is 127 cm³/mol. The van der Waals surface area contributed by atoms with Crippen LogP contribution in [-0.2, 0) is 14.8 Å². The summed E-state index contributed by atoms with van der Waals surface area (Å²) < 4.78 is 28.1. The van der Waals surface area contributed by atoms with Crippen molar-refractivity contribution < 1.29 is 18.0 Å². The Bertz CT molecular complexity index is 1160. The van der Waals surface area contributed by atoms with Crippen molar-refractivity contribution >= 4 is 45.0 Å². The second-order valence-electron chi connectivity index (χ2n) is 8.21. The lowest BCUT2D eigenvalue weighted by molar-refractivity contribution is -0.115. The van der Waals surface area contributed by atoms with Crippen LogP contribution >= 0.6 is 11.8 Å². The number of benzene rings is 2. The first-order valence-corrected chi connectivity index (χ1v) is 13.1. The summed E-state index contributed by atoms with van der Waals surface area (Å²) in [4.78, 5) is 25.9. The van der Waals surface area contributed by atoms with Gasteiger partial charge in [-0.05, 0) is 62.6 Å². The largest absolute Gasteiger partial charge is 0.324 e. The molecule has 2 aliphatic heterocycles. The zero-order chi connectivity index (χ0) is 22.9. The van der Waals surface area contributed by atoms with Crippen LogP contribution in [0.15, 0.2) is 46.2 Å². The Morgan fingerprint density at radius 1 is 1.09 bits per heavy atom. The number of anilines is 2. The van der Waals surface area contributed by atoms with Crippen molar-refractivity contribution in [2.45, 2.75) is 54.6 Å². The minimum Gasteiger partial charge on any atom is -0.324 e. The van der Waals surface area contributed by atoms with Crippen molar-refractivity contribution in [2.24, 2.45) is 0 Å². The summed E-state index contributed by atoms with van der Waals surface area (Å²) in [6, 6.07) is 10.1. The number of nitrogens with zero attached hydrogens (tertiary/aromatic N) is 1. The van der Waals surface area contributed by atoms with E-state index in [9.17, 15) is 18.0 Å². The first-order chi connectivity index (χ1) is 15.3. The SMILES string of the molecule is Cc1ccc(NC(=O)c2ccc3c(c2)NC(=O)C(C)S3)cc1S(=O)(=O)N1CCCCCC1. The van der Waals surface area contributed by atoms with E-state index in [4.69, 9.17) is 0 Å². The Morgan fingerprint density at radius 2 is 1.81 bits per heavy atom. The van der Waals surface area contributed by atoms with Gasteiger partial charge in [0.25, 0.3) is 5.91 Å². The Balaban J connectivity index is 1.56. The lowest BCUT2D eigenvalue weighted by Crippen LogP contribution is -2.32. The Hall–Kier alpha value is -2.36. The van der Waals surface area contributed by atoms with Gasteiger partial charge >= 0.3 is 0 Å². The summed E-state index contributed by atoms with van der Waals surface area (Å²) in [5.74, 6) is -0.463. The van der Waals surface area contributed by atoms with Crippen LogP contribution in [0.3, 0.4) is 0 Å². The summed E-state index contributed by atoms with van der Waals surface area (Å²) in [6.45, 7) is 4.64. The first kappa shape index (κ1) is 22.8.